The third kappa shape index (κ3) is 10.7. The fraction of sp³-hybridized carbons (Fsp3) is 0.368. The molecule has 0 aliphatic rings. The summed E-state index contributed by atoms with van der Waals surface area (Å²) in [7, 11) is 0. The molecule has 2 N–H and O–H groups in total. The lowest BCUT2D eigenvalue weighted by molar-refractivity contribution is -0.176. The standard InChI is InChI=1S/C19H22ClF3N4O.HI/c1-2-24-18(27-11-16-7-8-17(20)25-10-16)26-9-14-3-5-15(6-4-14)12-28-13-19(21,22)23;/h3-8,10H,2,9,11-13H2,1H3,(H2,24,26,27);1H. The quantitative estimate of drug-likeness (QED) is 0.220. The number of aromatic nitrogens is 1. The molecule has 0 atom stereocenters. The highest BCUT2D eigenvalue weighted by atomic mass is 127. The van der Waals surface area contributed by atoms with Gasteiger partial charge in [-0.1, -0.05) is 41.9 Å². The Bertz CT molecular complexity index is 756. The number of hydrogen-bond donors (Lipinski definition) is 2. The SMILES string of the molecule is CCNC(=NCc1ccc(Cl)nc1)NCc1ccc(COCC(F)(F)F)cc1.I. The molecule has 10 heteroatoms. The Hall–Kier alpha value is -1.59. The maximum atomic E-state index is 12.1. The van der Waals surface area contributed by atoms with Crippen LogP contribution in [0.5, 0.6) is 0 Å². The van der Waals surface area contributed by atoms with Crippen LogP contribution in [0.3, 0.4) is 0 Å². The van der Waals surface area contributed by atoms with E-state index in [9.17, 15) is 13.2 Å². The zero-order valence-electron chi connectivity index (χ0n) is 15.8. The van der Waals surface area contributed by atoms with Gasteiger partial charge in [0.2, 0.25) is 0 Å². The number of nitrogens with zero attached hydrogens (tertiary/aromatic N) is 2. The molecule has 2 aromatic rings. The summed E-state index contributed by atoms with van der Waals surface area (Å²) in [5.41, 5.74) is 2.59. The van der Waals surface area contributed by atoms with Crippen molar-refractivity contribution in [2.45, 2.75) is 32.8 Å². The first-order chi connectivity index (χ1) is 13.4. The minimum absolute atomic E-state index is 0. The Morgan fingerprint density at radius 2 is 1.72 bits per heavy atom. The van der Waals surface area contributed by atoms with Crippen molar-refractivity contribution in [3.8, 4) is 0 Å². The Kier molecular flexibility index (Phi) is 11.3. The zero-order valence-corrected chi connectivity index (χ0v) is 18.9. The summed E-state index contributed by atoms with van der Waals surface area (Å²) in [5, 5.41) is 6.80. The summed E-state index contributed by atoms with van der Waals surface area (Å²) in [6, 6.07) is 10.8. The molecular weight excluding hydrogens is 520 g/mol. The number of aliphatic imine (C=N–C) groups is 1. The first-order valence-electron chi connectivity index (χ1n) is 8.70. The second kappa shape index (κ2) is 12.9. The second-order valence-electron chi connectivity index (χ2n) is 5.96. The van der Waals surface area contributed by atoms with E-state index in [2.05, 4.69) is 25.3 Å². The van der Waals surface area contributed by atoms with Crippen LogP contribution in [0.25, 0.3) is 0 Å². The van der Waals surface area contributed by atoms with Crippen LogP contribution >= 0.6 is 35.6 Å². The molecule has 1 heterocycles. The van der Waals surface area contributed by atoms with Gasteiger partial charge in [0.25, 0.3) is 0 Å². The van der Waals surface area contributed by atoms with E-state index in [-0.39, 0.29) is 30.6 Å². The highest BCUT2D eigenvalue weighted by Crippen LogP contribution is 2.15. The van der Waals surface area contributed by atoms with Crippen molar-refractivity contribution in [1.29, 1.82) is 0 Å². The molecule has 0 radical (unpaired) electrons. The number of alkyl halides is 3. The van der Waals surface area contributed by atoms with Crippen molar-refractivity contribution in [1.82, 2.24) is 15.6 Å². The molecule has 0 saturated carbocycles. The molecule has 5 nitrogen and oxygen atoms in total. The van der Waals surface area contributed by atoms with Gasteiger partial charge in [-0.3, -0.25) is 0 Å². The Morgan fingerprint density at radius 1 is 1.07 bits per heavy atom. The van der Waals surface area contributed by atoms with Crippen molar-refractivity contribution in [3.05, 3.63) is 64.4 Å². The van der Waals surface area contributed by atoms with E-state index in [1.165, 1.54) is 0 Å². The van der Waals surface area contributed by atoms with Crippen LogP contribution in [0, 0.1) is 0 Å². The van der Waals surface area contributed by atoms with Crippen molar-refractivity contribution >= 4 is 41.5 Å². The molecule has 0 unspecified atom stereocenters. The highest BCUT2D eigenvalue weighted by Gasteiger charge is 2.27. The van der Waals surface area contributed by atoms with Gasteiger partial charge < -0.3 is 15.4 Å². The van der Waals surface area contributed by atoms with Gasteiger partial charge in [-0.15, -0.1) is 24.0 Å². The molecule has 0 spiro atoms. The maximum Gasteiger partial charge on any atom is 0.411 e. The topological polar surface area (TPSA) is 58.5 Å². The van der Waals surface area contributed by atoms with Crippen molar-refractivity contribution in [3.63, 3.8) is 0 Å². The van der Waals surface area contributed by atoms with E-state index >= 15 is 0 Å². The van der Waals surface area contributed by atoms with Crippen LogP contribution in [-0.2, 0) is 24.4 Å². The molecule has 0 aliphatic carbocycles. The van der Waals surface area contributed by atoms with E-state index in [1.54, 1.807) is 24.4 Å². The van der Waals surface area contributed by atoms with Gasteiger partial charge in [0.1, 0.15) is 11.8 Å². The Balaban J connectivity index is 0.00000420. The lowest BCUT2D eigenvalue weighted by Gasteiger charge is -2.12. The van der Waals surface area contributed by atoms with E-state index in [4.69, 9.17) is 11.6 Å². The molecule has 0 amide bonds. The average molecular weight is 543 g/mol. The van der Waals surface area contributed by atoms with E-state index in [1.807, 2.05) is 25.1 Å². The molecule has 0 saturated heterocycles. The third-order valence-electron chi connectivity index (χ3n) is 3.57. The number of hydrogen-bond acceptors (Lipinski definition) is 3. The predicted octanol–water partition coefficient (Wildman–Crippen LogP) is 4.69. The fourth-order valence-corrected chi connectivity index (χ4v) is 2.35. The zero-order chi connectivity index (χ0) is 20.4. The predicted molar refractivity (Wildman–Crippen MR) is 118 cm³/mol. The molecule has 1 aromatic carbocycles. The van der Waals surface area contributed by atoms with Gasteiger partial charge >= 0.3 is 6.18 Å². The molecule has 2 rings (SSSR count). The molecule has 160 valence electrons. The van der Waals surface area contributed by atoms with Crippen LogP contribution < -0.4 is 10.6 Å². The number of pyridine rings is 1. The van der Waals surface area contributed by atoms with Crippen molar-refractivity contribution in [2.24, 2.45) is 4.99 Å². The Labute approximate surface area is 190 Å². The highest BCUT2D eigenvalue weighted by molar-refractivity contribution is 14.0. The number of rotatable bonds is 8. The number of nitrogens with one attached hydrogen (secondary N) is 2. The maximum absolute atomic E-state index is 12.1. The molecule has 0 aliphatic heterocycles. The number of ether oxygens (including phenoxy) is 1. The van der Waals surface area contributed by atoms with Gasteiger partial charge in [-0.05, 0) is 29.7 Å². The number of halogens is 5. The lowest BCUT2D eigenvalue weighted by Crippen LogP contribution is -2.36. The summed E-state index contributed by atoms with van der Waals surface area (Å²) in [5.74, 6) is 0.648. The number of benzene rings is 1. The lowest BCUT2D eigenvalue weighted by atomic mass is 10.1. The van der Waals surface area contributed by atoms with Gasteiger partial charge in [-0.25, -0.2) is 9.98 Å². The van der Waals surface area contributed by atoms with Gasteiger partial charge in [0.15, 0.2) is 5.96 Å². The molecular formula is C19H23ClF3IN4O. The summed E-state index contributed by atoms with van der Waals surface area (Å²) in [4.78, 5) is 8.52. The Morgan fingerprint density at radius 3 is 2.31 bits per heavy atom. The first kappa shape index (κ1) is 25.4. The fourth-order valence-electron chi connectivity index (χ4n) is 2.24. The minimum atomic E-state index is -4.31. The molecule has 1 aromatic heterocycles. The molecule has 0 bridgehead atoms. The van der Waals surface area contributed by atoms with Gasteiger partial charge in [-0.2, -0.15) is 13.2 Å². The smallest absolute Gasteiger partial charge is 0.367 e. The summed E-state index contributed by atoms with van der Waals surface area (Å²) >= 11 is 5.77. The largest absolute Gasteiger partial charge is 0.411 e. The number of guanidine groups is 1. The molecule has 29 heavy (non-hydrogen) atoms. The van der Waals surface area contributed by atoms with E-state index < -0.39 is 12.8 Å². The molecule has 0 fully saturated rings. The monoisotopic (exact) mass is 542 g/mol. The van der Waals surface area contributed by atoms with Crippen LogP contribution in [0.1, 0.15) is 23.6 Å². The van der Waals surface area contributed by atoms with E-state index in [0.29, 0.717) is 36.3 Å². The van der Waals surface area contributed by atoms with Gasteiger partial charge in [0, 0.05) is 19.3 Å². The minimum Gasteiger partial charge on any atom is -0.367 e. The van der Waals surface area contributed by atoms with Gasteiger partial charge in [0.05, 0.1) is 13.2 Å². The van der Waals surface area contributed by atoms with Crippen LogP contribution in [0.15, 0.2) is 47.6 Å². The average Bonchev–Trinajstić information content (AvgIpc) is 2.65. The van der Waals surface area contributed by atoms with Crippen molar-refractivity contribution in [2.75, 3.05) is 13.2 Å². The van der Waals surface area contributed by atoms with Crippen LogP contribution in [0.4, 0.5) is 13.2 Å². The summed E-state index contributed by atoms with van der Waals surface area (Å²) in [6.07, 6.45) is -2.64. The second-order valence-corrected chi connectivity index (χ2v) is 6.35. The third-order valence-corrected chi connectivity index (χ3v) is 3.79. The van der Waals surface area contributed by atoms with E-state index in [0.717, 1.165) is 11.1 Å². The van der Waals surface area contributed by atoms with Crippen LogP contribution in [0.2, 0.25) is 5.15 Å². The van der Waals surface area contributed by atoms with Crippen molar-refractivity contribution < 1.29 is 17.9 Å². The summed E-state index contributed by atoms with van der Waals surface area (Å²) in [6.45, 7) is 2.33. The van der Waals surface area contributed by atoms with Crippen LogP contribution in [-0.4, -0.2) is 30.3 Å². The first-order valence-corrected chi connectivity index (χ1v) is 9.08. The summed E-state index contributed by atoms with van der Waals surface area (Å²) < 4.78 is 40.9. The normalized spacial score (nSPS) is 11.7.